The molecule has 0 amide bonds. The van der Waals surface area contributed by atoms with Gasteiger partial charge in [0, 0.05) is 16.5 Å². The number of nitrogens with zero attached hydrogens (tertiary/aromatic N) is 1. The highest BCUT2D eigenvalue weighted by atomic mass is 16.1. The highest BCUT2D eigenvalue weighted by Crippen LogP contribution is 2.36. The molecule has 35 heavy (non-hydrogen) atoms. The van der Waals surface area contributed by atoms with Crippen molar-refractivity contribution in [2.24, 2.45) is 0 Å². The molecular formula is C33H21NO. The molecule has 0 aliphatic rings. The summed E-state index contributed by atoms with van der Waals surface area (Å²) >= 11 is 0. The van der Waals surface area contributed by atoms with Crippen molar-refractivity contribution in [1.82, 2.24) is 4.57 Å². The first kappa shape index (κ1) is 19.7. The smallest absolute Gasteiger partial charge is 0.263 e. The summed E-state index contributed by atoms with van der Waals surface area (Å²) in [5.74, 6) is 0. The zero-order valence-electron chi connectivity index (χ0n) is 19.0. The molecule has 0 saturated heterocycles. The molecule has 7 aromatic rings. The highest BCUT2D eigenvalue weighted by Gasteiger charge is 2.14. The SMILES string of the molecule is O=c1c2ccccc2c2ccccc2n1-c1ccc2c(c1)cc(-c1ccccc1)c1ccccc12. The maximum absolute atomic E-state index is 13.7. The summed E-state index contributed by atoms with van der Waals surface area (Å²) in [4.78, 5) is 13.7. The topological polar surface area (TPSA) is 22.0 Å². The van der Waals surface area contributed by atoms with Crippen LogP contribution in [0, 0.1) is 0 Å². The Labute approximate surface area is 202 Å². The van der Waals surface area contributed by atoms with E-state index in [1.54, 1.807) is 0 Å². The summed E-state index contributed by atoms with van der Waals surface area (Å²) in [6, 6.07) is 43.7. The minimum Gasteiger partial charge on any atom is -0.276 e. The van der Waals surface area contributed by atoms with Gasteiger partial charge in [-0.2, -0.15) is 0 Å². The number of fused-ring (bicyclic) bond motifs is 6. The second-order valence-electron chi connectivity index (χ2n) is 8.94. The average molecular weight is 448 g/mol. The fourth-order valence-electron chi connectivity index (χ4n) is 5.38. The second kappa shape index (κ2) is 7.68. The average Bonchev–Trinajstić information content (AvgIpc) is 2.93. The fourth-order valence-corrected chi connectivity index (χ4v) is 5.38. The van der Waals surface area contributed by atoms with Gasteiger partial charge < -0.3 is 0 Å². The minimum absolute atomic E-state index is 0.00252. The van der Waals surface area contributed by atoms with Crippen LogP contribution in [-0.2, 0) is 0 Å². The molecule has 164 valence electrons. The van der Waals surface area contributed by atoms with Gasteiger partial charge in [-0.1, -0.05) is 97.1 Å². The Morgan fingerprint density at radius 1 is 0.457 bits per heavy atom. The van der Waals surface area contributed by atoms with Crippen molar-refractivity contribution in [1.29, 1.82) is 0 Å². The predicted molar refractivity (Wildman–Crippen MR) is 147 cm³/mol. The lowest BCUT2D eigenvalue weighted by Crippen LogP contribution is -2.19. The Balaban J connectivity index is 1.58. The van der Waals surface area contributed by atoms with Crippen LogP contribution in [0.5, 0.6) is 0 Å². The van der Waals surface area contributed by atoms with Crippen molar-refractivity contribution in [2.45, 2.75) is 0 Å². The first-order chi connectivity index (χ1) is 17.3. The molecule has 0 aliphatic carbocycles. The highest BCUT2D eigenvalue weighted by molar-refractivity contribution is 6.14. The van der Waals surface area contributed by atoms with Crippen molar-refractivity contribution in [3.05, 3.63) is 138 Å². The van der Waals surface area contributed by atoms with Crippen molar-refractivity contribution >= 4 is 43.2 Å². The molecule has 1 aromatic heterocycles. The standard InChI is InChI=1S/C33H21NO/c35-33-30-16-7-6-14-28(30)29-15-8-9-17-32(29)34(33)24-18-19-25-23(20-24)21-31(22-10-2-1-3-11-22)27-13-5-4-12-26(25)27/h1-21H. The normalized spacial score (nSPS) is 11.5. The number of pyridine rings is 1. The number of rotatable bonds is 2. The summed E-state index contributed by atoms with van der Waals surface area (Å²) in [6.45, 7) is 0. The van der Waals surface area contributed by atoms with E-state index < -0.39 is 0 Å². The molecule has 0 unspecified atom stereocenters. The molecule has 0 aliphatic heterocycles. The molecule has 0 spiro atoms. The zero-order chi connectivity index (χ0) is 23.4. The van der Waals surface area contributed by atoms with E-state index in [-0.39, 0.29) is 5.56 Å². The van der Waals surface area contributed by atoms with Crippen molar-refractivity contribution in [3.8, 4) is 16.8 Å². The summed E-state index contributed by atoms with van der Waals surface area (Å²) in [6.07, 6.45) is 0. The Bertz CT molecular complexity index is 1970. The Morgan fingerprint density at radius 2 is 1.06 bits per heavy atom. The van der Waals surface area contributed by atoms with Crippen LogP contribution in [0.15, 0.2) is 132 Å². The molecule has 0 saturated carbocycles. The van der Waals surface area contributed by atoms with Crippen LogP contribution >= 0.6 is 0 Å². The maximum Gasteiger partial charge on any atom is 0.263 e. The van der Waals surface area contributed by atoms with Crippen LogP contribution in [0.4, 0.5) is 0 Å². The van der Waals surface area contributed by atoms with E-state index in [1.165, 1.54) is 27.3 Å². The maximum atomic E-state index is 13.7. The molecule has 0 atom stereocenters. The van der Waals surface area contributed by atoms with E-state index in [0.29, 0.717) is 0 Å². The lowest BCUT2D eigenvalue weighted by atomic mass is 9.93. The van der Waals surface area contributed by atoms with E-state index in [1.807, 2.05) is 53.1 Å². The third-order valence-electron chi connectivity index (χ3n) is 6.98. The predicted octanol–water partition coefficient (Wildman–Crippen LogP) is 8.12. The molecule has 0 fully saturated rings. The van der Waals surface area contributed by atoms with Crippen molar-refractivity contribution < 1.29 is 0 Å². The first-order valence-corrected chi connectivity index (χ1v) is 11.8. The first-order valence-electron chi connectivity index (χ1n) is 11.8. The number of benzene rings is 6. The fraction of sp³-hybridized carbons (Fsp3) is 0. The largest absolute Gasteiger partial charge is 0.276 e. The van der Waals surface area contributed by atoms with Crippen LogP contribution in [0.2, 0.25) is 0 Å². The molecule has 7 rings (SSSR count). The van der Waals surface area contributed by atoms with E-state index in [9.17, 15) is 4.79 Å². The van der Waals surface area contributed by atoms with Crippen LogP contribution < -0.4 is 5.56 Å². The Kier molecular flexibility index (Phi) is 4.33. The number of aromatic nitrogens is 1. The molecular weight excluding hydrogens is 426 g/mol. The number of hydrogen-bond acceptors (Lipinski definition) is 1. The van der Waals surface area contributed by atoms with E-state index in [2.05, 4.69) is 78.9 Å². The number of hydrogen-bond donors (Lipinski definition) is 0. The zero-order valence-corrected chi connectivity index (χ0v) is 19.0. The molecule has 2 nitrogen and oxygen atoms in total. The van der Waals surface area contributed by atoms with E-state index in [0.717, 1.165) is 32.7 Å². The van der Waals surface area contributed by atoms with Gasteiger partial charge in [-0.05, 0) is 68.4 Å². The van der Waals surface area contributed by atoms with E-state index >= 15 is 0 Å². The summed E-state index contributed by atoms with van der Waals surface area (Å²) in [5, 5.41) is 7.54. The molecule has 2 heteroatoms. The third-order valence-corrected chi connectivity index (χ3v) is 6.98. The van der Waals surface area contributed by atoms with Gasteiger partial charge >= 0.3 is 0 Å². The molecule has 0 radical (unpaired) electrons. The lowest BCUT2D eigenvalue weighted by molar-refractivity contribution is 1.06. The Hall–Kier alpha value is -4.69. The van der Waals surface area contributed by atoms with Crippen molar-refractivity contribution in [2.75, 3.05) is 0 Å². The number of para-hydroxylation sites is 1. The molecule has 0 bridgehead atoms. The van der Waals surface area contributed by atoms with Gasteiger partial charge in [0.1, 0.15) is 0 Å². The van der Waals surface area contributed by atoms with Gasteiger partial charge in [0.15, 0.2) is 0 Å². The van der Waals surface area contributed by atoms with Gasteiger partial charge in [0.25, 0.3) is 5.56 Å². The second-order valence-corrected chi connectivity index (χ2v) is 8.94. The lowest BCUT2D eigenvalue weighted by Gasteiger charge is -2.15. The van der Waals surface area contributed by atoms with Gasteiger partial charge in [-0.3, -0.25) is 9.36 Å². The van der Waals surface area contributed by atoms with Crippen LogP contribution in [0.1, 0.15) is 0 Å². The van der Waals surface area contributed by atoms with Crippen LogP contribution in [0.25, 0.3) is 60.0 Å². The van der Waals surface area contributed by atoms with E-state index in [4.69, 9.17) is 0 Å². The van der Waals surface area contributed by atoms with Crippen LogP contribution in [-0.4, -0.2) is 4.57 Å². The van der Waals surface area contributed by atoms with Gasteiger partial charge in [0.2, 0.25) is 0 Å². The van der Waals surface area contributed by atoms with Gasteiger partial charge in [0.05, 0.1) is 5.52 Å². The minimum atomic E-state index is 0.00252. The summed E-state index contributed by atoms with van der Waals surface area (Å²) < 4.78 is 1.86. The third kappa shape index (κ3) is 3.00. The molecule has 6 aromatic carbocycles. The van der Waals surface area contributed by atoms with Gasteiger partial charge in [-0.25, -0.2) is 0 Å². The molecule has 1 heterocycles. The summed E-state index contributed by atoms with van der Waals surface area (Å²) in [7, 11) is 0. The monoisotopic (exact) mass is 447 g/mol. The quantitative estimate of drug-likeness (QED) is 0.245. The van der Waals surface area contributed by atoms with Gasteiger partial charge in [-0.15, -0.1) is 0 Å². The van der Waals surface area contributed by atoms with Crippen LogP contribution in [0.3, 0.4) is 0 Å². The molecule has 0 N–H and O–H groups in total. The summed E-state index contributed by atoms with van der Waals surface area (Å²) in [5.41, 5.74) is 4.17. The van der Waals surface area contributed by atoms with Crippen molar-refractivity contribution in [3.63, 3.8) is 0 Å². The Morgan fingerprint density at radius 3 is 1.83 bits per heavy atom.